The van der Waals surface area contributed by atoms with Crippen LogP contribution >= 0.6 is 11.6 Å². The Bertz CT molecular complexity index is 838. The van der Waals surface area contributed by atoms with Crippen molar-refractivity contribution in [2.24, 2.45) is 0 Å². The second kappa shape index (κ2) is 6.22. The van der Waals surface area contributed by atoms with Crippen LogP contribution in [-0.4, -0.2) is 34.2 Å². The highest BCUT2D eigenvalue weighted by atomic mass is 35.5. The highest BCUT2D eigenvalue weighted by Gasteiger charge is 2.28. The van der Waals surface area contributed by atoms with Crippen molar-refractivity contribution in [3.63, 3.8) is 0 Å². The molecule has 2 atom stereocenters. The smallest absolute Gasteiger partial charge is 0.261 e. The fraction of sp³-hybridized carbons (Fsp3) is 0.375. The van der Waals surface area contributed by atoms with Crippen LogP contribution in [0.4, 0.5) is 0 Å². The summed E-state index contributed by atoms with van der Waals surface area (Å²) in [4.78, 5) is 39.3. The average molecular weight is 334 g/mol. The van der Waals surface area contributed by atoms with Gasteiger partial charge in [0.25, 0.3) is 5.56 Å². The number of nitrogens with zero attached hydrogens (tertiary/aromatic N) is 2. The monoisotopic (exact) mass is 333 g/mol. The fourth-order valence-electron chi connectivity index (χ4n) is 3.11. The van der Waals surface area contributed by atoms with E-state index >= 15 is 0 Å². The molecule has 23 heavy (non-hydrogen) atoms. The number of carbonyl (C=O) groups is 2. The third-order valence-corrected chi connectivity index (χ3v) is 4.58. The molecule has 7 heteroatoms. The summed E-state index contributed by atoms with van der Waals surface area (Å²) >= 11 is 6.12. The molecule has 6 nitrogen and oxygen atoms in total. The van der Waals surface area contributed by atoms with Gasteiger partial charge in [-0.15, -0.1) is 0 Å². The van der Waals surface area contributed by atoms with Gasteiger partial charge in [-0.2, -0.15) is 0 Å². The van der Waals surface area contributed by atoms with Gasteiger partial charge in [0, 0.05) is 6.54 Å². The molecule has 3 rings (SSSR count). The standard InChI is InChI=1S/C16H16ClN3O3/c1-9-19-15-11(3-2-4-12(15)17)16(23)20(9)10-5-6-13(18-7-10)14(22)8-21/h2-4,8,10,13,18H,5-7H2,1H3. The summed E-state index contributed by atoms with van der Waals surface area (Å²) in [5.41, 5.74) is 0.368. The van der Waals surface area contributed by atoms with Gasteiger partial charge in [0.05, 0.1) is 28.0 Å². The van der Waals surface area contributed by atoms with E-state index < -0.39 is 11.8 Å². The number of halogens is 1. The molecule has 1 aromatic heterocycles. The number of benzene rings is 1. The largest absolute Gasteiger partial charge is 0.305 e. The zero-order valence-electron chi connectivity index (χ0n) is 12.6. The molecule has 2 aromatic rings. The van der Waals surface area contributed by atoms with Gasteiger partial charge in [-0.05, 0) is 31.9 Å². The number of carbonyl (C=O) groups excluding carboxylic acids is 2. The number of piperidine rings is 1. The number of rotatable bonds is 3. The Balaban J connectivity index is 1.97. The lowest BCUT2D eigenvalue weighted by Gasteiger charge is -2.30. The second-order valence-electron chi connectivity index (χ2n) is 5.68. The first-order valence-corrected chi connectivity index (χ1v) is 7.80. The first-order chi connectivity index (χ1) is 11.0. The van der Waals surface area contributed by atoms with E-state index in [2.05, 4.69) is 10.3 Å². The van der Waals surface area contributed by atoms with Crippen LogP contribution in [0, 0.1) is 6.92 Å². The summed E-state index contributed by atoms with van der Waals surface area (Å²) in [5, 5.41) is 3.97. The Kier molecular flexibility index (Phi) is 4.28. The molecular formula is C16H16ClN3O3. The molecule has 0 amide bonds. The van der Waals surface area contributed by atoms with Crippen LogP contribution in [0.3, 0.4) is 0 Å². The van der Waals surface area contributed by atoms with Crippen molar-refractivity contribution >= 4 is 34.6 Å². The van der Waals surface area contributed by atoms with Crippen LogP contribution < -0.4 is 10.9 Å². The van der Waals surface area contributed by atoms with Gasteiger partial charge in [0.1, 0.15) is 5.82 Å². The minimum absolute atomic E-state index is 0.103. The maximum Gasteiger partial charge on any atom is 0.261 e. The Hall–Kier alpha value is -2.05. The highest BCUT2D eigenvalue weighted by Crippen LogP contribution is 2.23. The van der Waals surface area contributed by atoms with Crippen LogP contribution in [0.5, 0.6) is 0 Å². The van der Waals surface area contributed by atoms with Gasteiger partial charge in [0.15, 0.2) is 6.29 Å². The Morgan fingerprint density at radius 3 is 2.87 bits per heavy atom. The zero-order valence-corrected chi connectivity index (χ0v) is 13.3. The number of fused-ring (bicyclic) bond motifs is 1. The highest BCUT2D eigenvalue weighted by molar-refractivity contribution is 6.35. The van der Waals surface area contributed by atoms with Crippen molar-refractivity contribution < 1.29 is 9.59 Å². The molecule has 1 fully saturated rings. The van der Waals surface area contributed by atoms with E-state index in [1.807, 2.05) is 0 Å². The molecule has 120 valence electrons. The van der Waals surface area contributed by atoms with Crippen molar-refractivity contribution in [1.82, 2.24) is 14.9 Å². The fourth-order valence-corrected chi connectivity index (χ4v) is 3.33. The topological polar surface area (TPSA) is 81.1 Å². The number of hydrogen-bond donors (Lipinski definition) is 1. The van der Waals surface area contributed by atoms with Gasteiger partial charge >= 0.3 is 0 Å². The van der Waals surface area contributed by atoms with Crippen LogP contribution in [0.2, 0.25) is 5.02 Å². The lowest BCUT2D eigenvalue weighted by molar-refractivity contribution is -0.131. The van der Waals surface area contributed by atoms with Crippen molar-refractivity contribution in [3.8, 4) is 0 Å². The summed E-state index contributed by atoms with van der Waals surface area (Å²) in [7, 11) is 0. The minimum atomic E-state index is -0.456. The first-order valence-electron chi connectivity index (χ1n) is 7.42. The molecule has 2 unspecified atom stereocenters. The number of para-hydroxylation sites is 1. The van der Waals surface area contributed by atoms with Crippen molar-refractivity contribution in [2.75, 3.05) is 6.54 Å². The summed E-state index contributed by atoms with van der Waals surface area (Å²) in [6, 6.07) is 4.58. The Labute approximate surface area is 137 Å². The maximum atomic E-state index is 12.8. The number of nitrogens with one attached hydrogen (secondary N) is 1. The summed E-state index contributed by atoms with van der Waals surface area (Å²) in [5.74, 6) is 0.138. The van der Waals surface area contributed by atoms with E-state index in [-0.39, 0.29) is 11.6 Å². The molecule has 1 saturated heterocycles. The molecular weight excluding hydrogens is 318 g/mol. The van der Waals surface area contributed by atoms with Crippen LogP contribution in [-0.2, 0) is 9.59 Å². The van der Waals surface area contributed by atoms with Gasteiger partial charge in [-0.25, -0.2) is 4.98 Å². The number of hydrogen-bond acceptors (Lipinski definition) is 5. The van der Waals surface area contributed by atoms with Gasteiger partial charge < -0.3 is 5.32 Å². The predicted octanol–water partition coefficient (Wildman–Crippen LogP) is 1.42. The van der Waals surface area contributed by atoms with Crippen molar-refractivity contribution in [3.05, 3.63) is 39.4 Å². The normalized spacial score (nSPS) is 21.3. The molecule has 0 bridgehead atoms. The maximum absolute atomic E-state index is 12.8. The first kappa shape index (κ1) is 15.8. The number of aromatic nitrogens is 2. The zero-order chi connectivity index (χ0) is 16.6. The summed E-state index contributed by atoms with van der Waals surface area (Å²) < 4.78 is 1.65. The molecule has 1 aromatic carbocycles. The van der Waals surface area contributed by atoms with Crippen molar-refractivity contribution in [2.45, 2.75) is 31.8 Å². The molecule has 1 aliphatic rings. The van der Waals surface area contributed by atoms with Crippen molar-refractivity contribution in [1.29, 1.82) is 0 Å². The van der Waals surface area contributed by atoms with Gasteiger partial charge in [-0.1, -0.05) is 17.7 Å². The quantitative estimate of drug-likeness (QED) is 0.678. The molecule has 0 aliphatic carbocycles. The molecule has 1 N–H and O–H groups in total. The molecule has 0 radical (unpaired) electrons. The van der Waals surface area contributed by atoms with E-state index in [4.69, 9.17) is 11.6 Å². The van der Waals surface area contributed by atoms with Crippen LogP contribution in [0.1, 0.15) is 24.7 Å². The lowest BCUT2D eigenvalue weighted by Crippen LogP contribution is -2.47. The predicted molar refractivity (Wildman–Crippen MR) is 86.9 cm³/mol. The van der Waals surface area contributed by atoms with Gasteiger partial charge in [0.2, 0.25) is 5.78 Å². The Morgan fingerprint density at radius 2 is 2.22 bits per heavy atom. The van der Waals surface area contributed by atoms with E-state index in [9.17, 15) is 14.4 Å². The summed E-state index contributed by atoms with van der Waals surface area (Å²) in [6.07, 6.45) is 1.49. The summed E-state index contributed by atoms with van der Waals surface area (Å²) in [6.45, 7) is 2.21. The third-order valence-electron chi connectivity index (χ3n) is 4.27. The molecule has 1 aliphatic heterocycles. The third kappa shape index (κ3) is 2.80. The minimum Gasteiger partial charge on any atom is -0.305 e. The second-order valence-corrected chi connectivity index (χ2v) is 6.09. The Morgan fingerprint density at radius 1 is 1.43 bits per heavy atom. The van der Waals surface area contributed by atoms with E-state index in [1.165, 1.54) is 0 Å². The number of aryl methyl sites for hydroxylation is 1. The van der Waals surface area contributed by atoms with Crippen LogP contribution in [0.15, 0.2) is 23.0 Å². The number of ketones is 1. The number of Topliss-reactive ketones (excluding diaryl/α,β-unsaturated/α-hetero) is 1. The lowest BCUT2D eigenvalue weighted by atomic mass is 9.97. The molecule has 0 saturated carbocycles. The average Bonchev–Trinajstić information content (AvgIpc) is 2.56. The van der Waals surface area contributed by atoms with E-state index in [0.717, 1.165) is 0 Å². The van der Waals surface area contributed by atoms with Gasteiger partial charge in [-0.3, -0.25) is 19.0 Å². The van der Waals surface area contributed by atoms with Crippen LogP contribution in [0.25, 0.3) is 10.9 Å². The molecule has 2 heterocycles. The van der Waals surface area contributed by atoms with E-state index in [0.29, 0.717) is 47.4 Å². The van der Waals surface area contributed by atoms with E-state index in [1.54, 1.807) is 29.7 Å². The number of aldehydes is 1. The SMILES string of the molecule is Cc1nc2c(Cl)cccc2c(=O)n1C1CCC(C(=O)C=O)NC1. The molecule has 0 spiro atoms.